The summed E-state index contributed by atoms with van der Waals surface area (Å²) in [7, 11) is 0. The van der Waals surface area contributed by atoms with Crippen LogP contribution in [0.25, 0.3) is 11.3 Å². The summed E-state index contributed by atoms with van der Waals surface area (Å²) in [6, 6.07) is 7.79. The van der Waals surface area contributed by atoms with Gasteiger partial charge in [0, 0.05) is 5.02 Å². The molecule has 0 aliphatic rings. The summed E-state index contributed by atoms with van der Waals surface area (Å²) in [6.45, 7) is 1.48. The van der Waals surface area contributed by atoms with E-state index in [1.165, 1.54) is 37.3 Å². The van der Waals surface area contributed by atoms with Gasteiger partial charge >= 0.3 is 0 Å². The van der Waals surface area contributed by atoms with Crippen LogP contribution in [0.4, 0.5) is 14.5 Å². The Labute approximate surface area is 151 Å². The van der Waals surface area contributed by atoms with Crippen molar-refractivity contribution in [1.82, 2.24) is 5.16 Å². The van der Waals surface area contributed by atoms with Crippen LogP contribution in [0, 0.1) is 18.6 Å². The van der Waals surface area contributed by atoms with Crippen molar-refractivity contribution in [3.05, 3.63) is 69.4 Å². The molecule has 0 saturated carbocycles. The van der Waals surface area contributed by atoms with Crippen molar-refractivity contribution in [3.63, 3.8) is 0 Å². The molecule has 0 unspecified atom stereocenters. The molecule has 0 fully saturated rings. The van der Waals surface area contributed by atoms with Crippen LogP contribution in [0.3, 0.4) is 0 Å². The molecule has 4 nitrogen and oxygen atoms in total. The van der Waals surface area contributed by atoms with Crippen molar-refractivity contribution < 1.29 is 18.1 Å². The maximum atomic E-state index is 14.2. The number of halogens is 4. The van der Waals surface area contributed by atoms with Crippen molar-refractivity contribution >= 4 is 34.8 Å². The standard InChI is InChI=1S/C17H10Cl2F2N2O2/c1-8-14(17(24)22-13-7-9(18)5-6-11(13)20)16(23-25-8)15-10(19)3-2-4-12(15)21/h2-7H,1H3,(H,22,24). The van der Waals surface area contributed by atoms with Crippen molar-refractivity contribution in [2.75, 3.05) is 5.32 Å². The third-order valence-corrected chi connectivity index (χ3v) is 4.02. The van der Waals surface area contributed by atoms with E-state index in [4.69, 9.17) is 27.7 Å². The van der Waals surface area contributed by atoms with E-state index in [1.807, 2.05) is 0 Å². The fourth-order valence-corrected chi connectivity index (χ4v) is 2.74. The number of carbonyl (C=O) groups excluding carboxylic acids is 1. The topological polar surface area (TPSA) is 55.1 Å². The Balaban J connectivity index is 2.05. The minimum Gasteiger partial charge on any atom is -0.360 e. The maximum absolute atomic E-state index is 14.2. The molecule has 1 aromatic heterocycles. The second kappa shape index (κ2) is 6.82. The van der Waals surface area contributed by atoms with E-state index in [0.29, 0.717) is 0 Å². The monoisotopic (exact) mass is 382 g/mol. The quantitative estimate of drug-likeness (QED) is 0.651. The van der Waals surface area contributed by atoms with Gasteiger partial charge in [0.05, 0.1) is 16.3 Å². The minimum absolute atomic E-state index is 0.0497. The SMILES string of the molecule is Cc1onc(-c2c(F)cccc2Cl)c1C(=O)Nc1cc(Cl)ccc1F. The molecule has 0 saturated heterocycles. The summed E-state index contributed by atoms with van der Waals surface area (Å²) in [5, 5.41) is 6.42. The highest BCUT2D eigenvalue weighted by Gasteiger charge is 2.26. The molecule has 3 rings (SSSR count). The number of hydrogen-bond acceptors (Lipinski definition) is 3. The van der Waals surface area contributed by atoms with Gasteiger partial charge in [-0.3, -0.25) is 4.79 Å². The van der Waals surface area contributed by atoms with Gasteiger partial charge in [0.1, 0.15) is 28.7 Å². The van der Waals surface area contributed by atoms with Crippen LogP contribution < -0.4 is 5.32 Å². The molecule has 8 heteroatoms. The van der Waals surface area contributed by atoms with Crippen LogP contribution in [0.15, 0.2) is 40.9 Å². The highest BCUT2D eigenvalue weighted by Crippen LogP contribution is 2.34. The van der Waals surface area contributed by atoms with E-state index in [-0.39, 0.29) is 38.3 Å². The molecular weight excluding hydrogens is 373 g/mol. The second-order valence-corrected chi connectivity index (χ2v) is 5.98. The zero-order valence-corrected chi connectivity index (χ0v) is 14.3. The molecule has 1 amide bonds. The Hall–Kier alpha value is -2.44. The Morgan fingerprint density at radius 1 is 1.16 bits per heavy atom. The van der Waals surface area contributed by atoms with Crippen LogP contribution in [0.5, 0.6) is 0 Å². The summed E-state index contributed by atoms with van der Waals surface area (Å²) < 4.78 is 33.0. The molecule has 128 valence electrons. The third-order valence-electron chi connectivity index (χ3n) is 3.47. The molecule has 0 aliphatic heterocycles. The van der Waals surface area contributed by atoms with Gasteiger partial charge in [-0.2, -0.15) is 0 Å². The maximum Gasteiger partial charge on any atom is 0.261 e. The number of rotatable bonds is 3. The van der Waals surface area contributed by atoms with Gasteiger partial charge in [0.2, 0.25) is 0 Å². The van der Waals surface area contributed by atoms with Crippen LogP contribution in [-0.4, -0.2) is 11.1 Å². The highest BCUT2D eigenvalue weighted by atomic mass is 35.5. The van der Waals surface area contributed by atoms with Crippen molar-refractivity contribution in [1.29, 1.82) is 0 Å². The number of carbonyl (C=O) groups is 1. The summed E-state index contributed by atoms with van der Waals surface area (Å²) in [4.78, 5) is 12.6. The van der Waals surface area contributed by atoms with Gasteiger partial charge in [0.25, 0.3) is 5.91 Å². The van der Waals surface area contributed by atoms with E-state index in [9.17, 15) is 13.6 Å². The molecule has 0 radical (unpaired) electrons. The fraction of sp³-hybridized carbons (Fsp3) is 0.0588. The zero-order chi connectivity index (χ0) is 18.1. The van der Waals surface area contributed by atoms with Crippen molar-refractivity contribution in [2.45, 2.75) is 6.92 Å². The van der Waals surface area contributed by atoms with Crippen LogP contribution in [0.1, 0.15) is 16.1 Å². The summed E-state index contributed by atoms with van der Waals surface area (Å²) in [6.07, 6.45) is 0. The molecular formula is C17H10Cl2F2N2O2. The first-order valence-electron chi connectivity index (χ1n) is 7.05. The summed E-state index contributed by atoms with van der Waals surface area (Å²) in [5.41, 5.74) is -0.312. The van der Waals surface area contributed by atoms with Gasteiger partial charge < -0.3 is 9.84 Å². The summed E-state index contributed by atoms with van der Waals surface area (Å²) in [5.74, 6) is -1.93. The van der Waals surface area contributed by atoms with Crippen LogP contribution in [0.2, 0.25) is 10.0 Å². The number of anilines is 1. The lowest BCUT2D eigenvalue weighted by atomic mass is 10.0. The second-order valence-electron chi connectivity index (χ2n) is 5.14. The molecule has 0 atom stereocenters. The largest absolute Gasteiger partial charge is 0.360 e. The number of aryl methyl sites for hydroxylation is 1. The van der Waals surface area contributed by atoms with Gasteiger partial charge in [-0.05, 0) is 37.3 Å². The summed E-state index contributed by atoms with van der Waals surface area (Å²) >= 11 is 11.8. The fourth-order valence-electron chi connectivity index (χ4n) is 2.31. The first-order chi connectivity index (χ1) is 11.9. The first-order valence-corrected chi connectivity index (χ1v) is 7.81. The van der Waals surface area contributed by atoms with Crippen molar-refractivity contribution in [2.24, 2.45) is 0 Å². The molecule has 2 aromatic carbocycles. The molecule has 0 bridgehead atoms. The Morgan fingerprint density at radius 3 is 2.64 bits per heavy atom. The lowest BCUT2D eigenvalue weighted by Crippen LogP contribution is -2.14. The van der Waals surface area contributed by atoms with Gasteiger partial charge in [-0.15, -0.1) is 0 Å². The Kier molecular flexibility index (Phi) is 4.74. The average molecular weight is 383 g/mol. The first kappa shape index (κ1) is 17.4. The molecule has 25 heavy (non-hydrogen) atoms. The lowest BCUT2D eigenvalue weighted by molar-refractivity contribution is 0.102. The molecule has 1 N–H and O–H groups in total. The lowest BCUT2D eigenvalue weighted by Gasteiger charge is -2.08. The minimum atomic E-state index is -0.728. The van der Waals surface area contributed by atoms with Crippen LogP contribution in [-0.2, 0) is 0 Å². The number of aromatic nitrogens is 1. The van der Waals surface area contributed by atoms with E-state index in [2.05, 4.69) is 10.5 Å². The third kappa shape index (κ3) is 3.36. The van der Waals surface area contributed by atoms with E-state index in [1.54, 1.807) is 0 Å². The van der Waals surface area contributed by atoms with Crippen LogP contribution >= 0.6 is 23.2 Å². The smallest absolute Gasteiger partial charge is 0.261 e. The van der Waals surface area contributed by atoms with Gasteiger partial charge in [-0.25, -0.2) is 8.78 Å². The molecule has 0 spiro atoms. The molecule has 3 aromatic rings. The number of nitrogens with zero attached hydrogens (tertiary/aromatic N) is 1. The predicted molar refractivity (Wildman–Crippen MR) is 91.0 cm³/mol. The Bertz CT molecular complexity index is 953. The van der Waals surface area contributed by atoms with E-state index in [0.717, 1.165) is 6.07 Å². The zero-order valence-electron chi connectivity index (χ0n) is 12.7. The van der Waals surface area contributed by atoms with Gasteiger partial charge in [0.15, 0.2) is 0 Å². The van der Waals surface area contributed by atoms with E-state index >= 15 is 0 Å². The molecule has 0 aliphatic carbocycles. The predicted octanol–water partition coefficient (Wildman–Crippen LogP) is 5.49. The average Bonchev–Trinajstić information content (AvgIpc) is 2.92. The highest BCUT2D eigenvalue weighted by molar-refractivity contribution is 6.33. The Morgan fingerprint density at radius 2 is 1.92 bits per heavy atom. The van der Waals surface area contributed by atoms with Crippen molar-refractivity contribution in [3.8, 4) is 11.3 Å². The number of nitrogens with one attached hydrogen (secondary N) is 1. The normalized spacial score (nSPS) is 10.8. The van der Waals surface area contributed by atoms with E-state index < -0.39 is 17.5 Å². The number of benzene rings is 2. The molecule has 1 heterocycles. The number of amides is 1. The number of hydrogen-bond donors (Lipinski definition) is 1. The van der Waals surface area contributed by atoms with Gasteiger partial charge in [-0.1, -0.05) is 34.4 Å².